The first-order valence-corrected chi connectivity index (χ1v) is 5.94. The molecule has 0 aliphatic rings. The van der Waals surface area contributed by atoms with E-state index in [9.17, 15) is 0 Å². The summed E-state index contributed by atoms with van der Waals surface area (Å²) in [5.74, 6) is 1.16. The molecule has 0 aliphatic carbocycles. The summed E-state index contributed by atoms with van der Waals surface area (Å²) >= 11 is 0. The molecular weight excluding hydrogens is 182 g/mol. The molecule has 1 nitrogen and oxygen atoms in total. The van der Waals surface area contributed by atoms with Gasteiger partial charge < -0.3 is 5.32 Å². The van der Waals surface area contributed by atoms with Crippen LogP contribution in [0.25, 0.3) is 0 Å². The van der Waals surface area contributed by atoms with Gasteiger partial charge in [-0.15, -0.1) is 0 Å². The van der Waals surface area contributed by atoms with Gasteiger partial charge in [0.2, 0.25) is 0 Å². The highest BCUT2D eigenvalue weighted by Crippen LogP contribution is 2.31. The topological polar surface area (TPSA) is 12.0 Å². The van der Waals surface area contributed by atoms with Crippen LogP contribution >= 0.6 is 0 Å². The van der Waals surface area contributed by atoms with Crippen LogP contribution in [0.5, 0.6) is 0 Å². The van der Waals surface area contributed by atoms with Crippen LogP contribution in [0.1, 0.15) is 57.6 Å². The van der Waals surface area contributed by atoms with E-state index < -0.39 is 0 Å². The van der Waals surface area contributed by atoms with E-state index in [1.165, 1.54) is 16.8 Å². The van der Waals surface area contributed by atoms with E-state index in [2.05, 4.69) is 58.1 Å². The smallest absolute Gasteiger partial charge is 0.0410 e. The van der Waals surface area contributed by atoms with Gasteiger partial charge >= 0.3 is 0 Å². The Balaban J connectivity index is 3.21. The highest BCUT2D eigenvalue weighted by molar-refractivity contribution is 5.60. The van der Waals surface area contributed by atoms with Crippen molar-refractivity contribution in [1.82, 2.24) is 0 Å². The lowest BCUT2D eigenvalue weighted by molar-refractivity contribution is 0.834. The summed E-state index contributed by atoms with van der Waals surface area (Å²) in [5, 5.41) is 3.51. The molecule has 1 aromatic carbocycles. The zero-order valence-electron chi connectivity index (χ0n) is 10.6. The van der Waals surface area contributed by atoms with E-state index >= 15 is 0 Å². The van der Waals surface area contributed by atoms with Crippen molar-refractivity contribution in [2.24, 2.45) is 0 Å². The fourth-order valence-electron chi connectivity index (χ4n) is 1.93. The Bertz CT molecular complexity index is 287. The van der Waals surface area contributed by atoms with Gasteiger partial charge in [-0.05, 0) is 29.9 Å². The third kappa shape index (κ3) is 2.74. The van der Waals surface area contributed by atoms with Crippen molar-refractivity contribution in [3.63, 3.8) is 0 Å². The van der Waals surface area contributed by atoms with Crippen molar-refractivity contribution >= 4 is 5.69 Å². The molecule has 1 heteroatoms. The van der Waals surface area contributed by atoms with Crippen LogP contribution in [-0.4, -0.2) is 6.54 Å². The van der Waals surface area contributed by atoms with Crippen molar-refractivity contribution in [1.29, 1.82) is 0 Å². The third-order valence-electron chi connectivity index (χ3n) is 2.73. The molecule has 0 aromatic heterocycles. The Morgan fingerprint density at radius 1 is 1.00 bits per heavy atom. The molecule has 0 saturated carbocycles. The second-order valence-electron chi connectivity index (χ2n) is 4.65. The molecule has 1 rings (SSSR count). The summed E-state index contributed by atoms with van der Waals surface area (Å²) in [7, 11) is 0. The number of anilines is 1. The first-order valence-electron chi connectivity index (χ1n) is 5.94. The van der Waals surface area contributed by atoms with Crippen molar-refractivity contribution in [3.8, 4) is 0 Å². The standard InChI is InChI=1S/C14H23N/c1-6-15-14-12(10(2)3)8-7-9-13(14)11(4)5/h7-11,15H,6H2,1-5H3. The average molecular weight is 205 g/mol. The highest BCUT2D eigenvalue weighted by atomic mass is 14.9. The quantitative estimate of drug-likeness (QED) is 0.770. The molecule has 0 atom stereocenters. The molecule has 84 valence electrons. The molecule has 15 heavy (non-hydrogen) atoms. The molecule has 0 aliphatic heterocycles. The number of hydrogen-bond donors (Lipinski definition) is 1. The molecule has 1 aromatic rings. The van der Waals surface area contributed by atoms with Crippen molar-refractivity contribution in [3.05, 3.63) is 29.3 Å². The lowest BCUT2D eigenvalue weighted by Gasteiger charge is -2.20. The Morgan fingerprint density at radius 2 is 1.47 bits per heavy atom. The maximum atomic E-state index is 3.51. The van der Waals surface area contributed by atoms with E-state index in [-0.39, 0.29) is 0 Å². The minimum Gasteiger partial charge on any atom is -0.385 e. The summed E-state index contributed by atoms with van der Waals surface area (Å²) in [6, 6.07) is 6.63. The van der Waals surface area contributed by atoms with Gasteiger partial charge in [-0.25, -0.2) is 0 Å². The van der Waals surface area contributed by atoms with Gasteiger partial charge in [0.05, 0.1) is 0 Å². The second-order valence-corrected chi connectivity index (χ2v) is 4.65. The van der Waals surface area contributed by atoms with E-state index in [1.807, 2.05) is 0 Å². The van der Waals surface area contributed by atoms with Gasteiger partial charge in [-0.3, -0.25) is 0 Å². The Morgan fingerprint density at radius 3 is 1.80 bits per heavy atom. The summed E-state index contributed by atoms with van der Waals surface area (Å²) in [6.07, 6.45) is 0. The Kier molecular flexibility index (Phi) is 4.19. The summed E-state index contributed by atoms with van der Waals surface area (Å²) < 4.78 is 0. The number of hydrogen-bond acceptors (Lipinski definition) is 1. The van der Waals surface area contributed by atoms with Crippen LogP contribution in [0.4, 0.5) is 5.69 Å². The molecule has 0 spiro atoms. The van der Waals surface area contributed by atoms with Gasteiger partial charge in [0, 0.05) is 12.2 Å². The van der Waals surface area contributed by atoms with Crippen LogP contribution in [0.3, 0.4) is 0 Å². The molecule has 0 amide bonds. The van der Waals surface area contributed by atoms with Crippen molar-refractivity contribution in [2.45, 2.75) is 46.5 Å². The van der Waals surface area contributed by atoms with Gasteiger partial charge in [0.15, 0.2) is 0 Å². The normalized spacial score (nSPS) is 11.1. The van der Waals surface area contributed by atoms with E-state index in [0.29, 0.717) is 11.8 Å². The van der Waals surface area contributed by atoms with E-state index in [0.717, 1.165) is 6.54 Å². The molecular formula is C14H23N. The minimum atomic E-state index is 0.581. The molecule has 0 fully saturated rings. The Hall–Kier alpha value is -0.980. The number of para-hydroxylation sites is 1. The largest absolute Gasteiger partial charge is 0.385 e. The first kappa shape index (κ1) is 12.1. The zero-order chi connectivity index (χ0) is 11.4. The number of rotatable bonds is 4. The molecule has 0 unspecified atom stereocenters. The van der Waals surface area contributed by atoms with Crippen LogP contribution in [0, 0.1) is 0 Å². The maximum absolute atomic E-state index is 3.51. The molecule has 1 N–H and O–H groups in total. The summed E-state index contributed by atoms with van der Waals surface area (Å²) in [5.41, 5.74) is 4.22. The van der Waals surface area contributed by atoms with Crippen molar-refractivity contribution < 1.29 is 0 Å². The zero-order valence-corrected chi connectivity index (χ0v) is 10.6. The summed E-state index contributed by atoms with van der Waals surface area (Å²) in [6.45, 7) is 12.1. The highest BCUT2D eigenvalue weighted by Gasteiger charge is 2.12. The lowest BCUT2D eigenvalue weighted by atomic mass is 9.93. The van der Waals surface area contributed by atoms with Crippen LogP contribution < -0.4 is 5.32 Å². The number of benzene rings is 1. The monoisotopic (exact) mass is 205 g/mol. The van der Waals surface area contributed by atoms with Crippen LogP contribution in [0.15, 0.2) is 18.2 Å². The van der Waals surface area contributed by atoms with Crippen LogP contribution in [-0.2, 0) is 0 Å². The number of nitrogens with one attached hydrogen (secondary N) is 1. The van der Waals surface area contributed by atoms with E-state index in [1.54, 1.807) is 0 Å². The first-order chi connectivity index (χ1) is 7.07. The maximum Gasteiger partial charge on any atom is 0.0410 e. The fraction of sp³-hybridized carbons (Fsp3) is 0.571. The predicted octanol–water partition coefficient (Wildman–Crippen LogP) is 4.37. The lowest BCUT2D eigenvalue weighted by Crippen LogP contribution is -2.06. The van der Waals surface area contributed by atoms with Gasteiger partial charge in [0.25, 0.3) is 0 Å². The van der Waals surface area contributed by atoms with Crippen molar-refractivity contribution in [2.75, 3.05) is 11.9 Å². The average Bonchev–Trinajstić information content (AvgIpc) is 2.17. The minimum absolute atomic E-state index is 0.581. The Labute approximate surface area is 93.9 Å². The van der Waals surface area contributed by atoms with Gasteiger partial charge in [0.1, 0.15) is 0 Å². The summed E-state index contributed by atoms with van der Waals surface area (Å²) in [4.78, 5) is 0. The van der Waals surface area contributed by atoms with Crippen LogP contribution in [0.2, 0.25) is 0 Å². The third-order valence-corrected chi connectivity index (χ3v) is 2.73. The van der Waals surface area contributed by atoms with Gasteiger partial charge in [-0.1, -0.05) is 45.9 Å². The predicted molar refractivity (Wildman–Crippen MR) is 68.8 cm³/mol. The molecule has 0 saturated heterocycles. The fourth-order valence-corrected chi connectivity index (χ4v) is 1.93. The molecule has 0 radical (unpaired) electrons. The second kappa shape index (κ2) is 5.20. The molecule has 0 heterocycles. The molecule has 0 bridgehead atoms. The SMILES string of the molecule is CCNc1c(C(C)C)cccc1C(C)C. The van der Waals surface area contributed by atoms with Gasteiger partial charge in [-0.2, -0.15) is 0 Å². The van der Waals surface area contributed by atoms with E-state index in [4.69, 9.17) is 0 Å².